The quantitative estimate of drug-likeness (QED) is 0.351. The minimum absolute atomic E-state index is 0.0443. The molecule has 1 aromatic heterocycles. The first kappa shape index (κ1) is 28.5. The molecular formula is C30H37N5O6S. The summed E-state index contributed by atoms with van der Waals surface area (Å²) in [5.41, 5.74) is 3.29. The Morgan fingerprint density at radius 1 is 1.10 bits per heavy atom. The van der Waals surface area contributed by atoms with E-state index in [1.54, 1.807) is 17.0 Å². The summed E-state index contributed by atoms with van der Waals surface area (Å²) in [7, 11) is 1.11. The molecule has 224 valence electrons. The van der Waals surface area contributed by atoms with E-state index in [1.807, 2.05) is 19.1 Å². The topological polar surface area (TPSA) is 109 Å². The number of anilines is 2. The highest BCUT2D eigenvalue weighted by atomic mass is 32.2. The number of carbonyl (C=O) groups is 1. The maximum absolute atomic E-state index is 13.9. The van der Waals surface area contributed by atoms with Crippen molar-refractivity contribution in [3.05, 3.63) is 47.5 Å². The van der Waals surface area contributed by atoms with Crippen LogP contribution in [0.25, 0.3) is 11.3 Å². The molecule has 12 heteroatoms. The molecule has 1 N–H and O–H groups in total. The second-order valence-corrected chi connectivity index (χ2v) is 12.2. The van der Waals surface area contributed by atoms with Gasteiger partial charge in [0.1, 0.15) is 16.4 Å². The number of hydrogen-bond acceptors (Lipinski definition) is 9. The zero-order chi connectivity index (χ0) is 29.4. The number of nitrogens with one attached hydrogen (secondary N) is 1. The third kappa shape index (κ3) is 5.70. The summed E-state index contributed by atoms with van der Waals surface area (Å²) in [5, 5.41) is 4.32. The van der Waals surface area contributed by atoms with Crippen LogP contribution in [0.15, 0.2) is 45.8 Å². The summed E-state index contributed by atoms with van der Waals surface area (Å²) in [5.74, 6) is 1.43. The molecule has 4 atom stereocenters. The fourth-order valence-corrected chi connectivity index (χ4v) is 6.50. The van der Waals surface area contributed by atoms with Crippen molar-refractivity contribution in [3.8, 4) is 22.8 Å². The van der Waals surface area contributed by atoms with Gasteiger partial charge in [0, 0.05) is 62.1 Å². The summed E-state index contributed by atoms with van der Waals surface area (Å²) >= 11 is 0. The van der Waals surface area contributed by atoms with E-state index >= 15 is 0 Å². The van der Waals surface area contributed by atoms with E-state index in [9.17, 15) is 9.00 Å². The molecule has 3 aliphatic rings. The van der Waals surface area contributed by atoms with Gasteiger partial charge in [0.05, 0.1) is 32.5 Å². The van der Waals surface area contributed by atoms with Gasteiger partial charge in [-0.15, -0.1) is 0 Å². The highest BCUT2D eigenvalue weighted by molar-refractivity contribution is 7.86. The van der Waals surface area contributed by atoms with Gasteiger partial charge in [-0.05, 0) is 44.5 Å². The molecule has 4 heterocycles. The number of carbonyl (C=O) groups excluding carboxylic acids is 1. The van der Waals surface area contributed by atoms with Crippen molar-refractivity contribution in [1.82, 2.24) is 15.0 Å². The van der Waals surface area contributed by atoms with Gasteiger partial charge in [-0.1, -0.05) is 17.3 Å². The zero-order valence-electron chi connectivity index (χ0n) is 24.4. The first-order valence-electron chi connectivity index (χ1n) is 14.3. The van der Waals surface area contributed by atoms with E-state index < -0.39 is 11.0 Å². The van der Waals surface area contributed by atoms with E-state index in [0.29, 0.717) is 49.4 Å². The minimum Gasteiger partial charge on any atom is -0.495 e. The Morgan fingerprint density at radius 2 is 1.83 bits per heavy atom. The van der Waals surface area contributed by atoms with Crippen LogP contribution >= 0.6 is 0 Å². The van der Waals surface area contributed by atoms with Gasteiger partial charge in [0.15, 0.2) is 22.6 Å². The largest absolute Gasteiger partial charge is 0.495 e. The predicted octanol–water partition coefficient (Wildman–Crippen LogP) is 3.77. The van der Waals surface area contributed by atoms with Crippen molar-refractivity contribution < 1.29 is 27.7 Å². The summed E-state index contributed by atoms with van der Waals surface area (Å²) in [4.78, 5) is 19.9. The molecular weight excluding hydrogens is 558 g/mol. The number of methoxy groups -OCH3 is 2. The third-order valence-corrected chi connectivity index (χ3v) is 9.23. The minimum atomic E-state index is -1.84. The van der Waals surface area contributed by atoms with E-state index in [1.165, 1.54) is 20.6 Å². The second-order valence-electron chi connectivity index (χ2n) is 11.0. The molecule has 0 bridgehead atoms. The smallest absolute Gasteiger partial charge is 0.254 e. The van der Waals surface area contributed by atoms with E-state index in [4.69, 9.17) is 18.7 Å². The number of benzene rings is 2. The van der Waals surface area contributed by atoms with Crippen LogP contribution in [0.1, 0.15) is 36.2 Å². The summed E-state index contributed by atoms with van der Waals surface area (Å²) in [6.07, 6.45) is 1.15. The predicted molar refractivity (Wildman–Crippen MR) is 160 cm³/mol. The summed E-state index contributed by atoms with van der Waals surface area (Å²) in [6, 6.07) is 11.9. The Balaban J connectivity index is 1.30. The van der Waals surface area contributed by atoms with Crippen molar-refractivity contribution in [2.45, 2.75) is 43.9 Å². The lowest BCUT2D eigenvalue weighted by molar-refractivity contribution is -0.0124. The molecule has 4 unspecified atom stereocenters. The number of nitrogens with zero attached hydrogens (tertiary/aromatic N) is 4. The average molecular weight is 596 g/mol. The van der Waals surface area contributed by atoms with Crippen LogP contribution in [-0.4, -0.2) is 90.8 Å². The first-order chi connectivity index (χ1) is 20.4. The van der Waals surface area contributed by atoms with Gasteiger partial charge in [-0.2, -0.15) is 0 Å². The van der Waals surface area contributed by atoms with Crippen LogP contribution in [0.3, 0.4) is 0 Å². The summed E-state index contributed by atoms with van der Waals surface area (Å²) < 4.78 is 39.7. The average Bonchev–Trinajstić information content (AvgIpc) is 3.53. The van der Waals surface area contributed by atoms with Gasteiger partial charge in [0.25, 0.3) is 5.91 Å². The number of ether oxygens (including phenoxy) is 3. The van der Waals surface area contributed by atoms with Gasteiger partial charge < -0.3 is 28.5 Å². The molecule has 0 aliphatic carbocycles. The Morgan fingerprint density at radius 3 is 2.45 bits per heavy atom. The van der Waals surface area contributed by atoms with Gasteiger partial charge in [-0.3, -0.25) is 14.4 Å². The first-order valence-corrected chi connectivity index (χ1v) is 15.4. The maximum atomic E-state index is 13.9. The summed E-state index contributed by atoms with van der Waals surface area (Å²) in [6.45, 7) is 9.24. The molecule has 0 saturated carbocycles. The maximum Gasteiger partial charge on any atom is 0.254 e. The van der Waals surface area contributed by atoms with Gasteiger partial charge in [0.2, 0.25) is 0 Å². The molecule has 0 spiro atoms. The van der Waals surface area contributed by atoms with Crippen LogP contribution in [-0.2, 0) is 22.3 Å². The highest BCUT2D eigenvalue weighted by Gasteiger charge is 2.33. The van der Waals surface area contributed by atoms with Crippen molar-refractivity contribution >= 4 is 28.4 Å². The normalized spacial score (nSPS) is 22.3. The Labute approximate surface area is 248 Å². The molecule has 11 nitrogen and oxygen atoms in total. The van der Waals surface area contributed by atoms with Gasteiger partial charge in [-0.25, -0.2) is 4.21 Å². The van der Waals surface area contributed by atoms with Crippen LogP contribution in [0.4, 0.5) is 11.5 Å². The molecule has 3 aromatic rings. The number of aromatic nitrogens is 1. The van der Waals surface area contributed by atoms with Crippen LogP contribution in [0.2, 0.25) is 0 Å². The molecule has 1 amide bonds. The highest BCUT2D eigenvalue weighted by Crippen LogP contribution is 2.38. The van der Waals surface area contributed by atoms with Crippen molar-refractivity contribution in [2.75, 3.05) is 63.2 Å². The van der Waals surface area contributed by atoms with E-state index in [-0.39, 0.29) is 28.4 Å². The van der Waals surface area contributed by atoms with Crippen LogP contribution in [0.5, 0.6) is 11.5 Å². The molecule has 3 saturated heterocycles. The monoisotopic (exact) mass is 595 g/mol. The Kier molecular flexibility index (Phi) is 8.11. The van der Waals surface area contributed by atoms with Crippen LogP contribution < -0.4 is 19.1 Å². The third-order valence-electron chi connectivity index (χ3n) is 8.08. The lowest BCUT2D eigenvalue weighted by Gasteiger charge is -2.33. The number of morpholine rings is 1. The molecule has 3 fully saturated rings. The lowest BCUT2D eigenvalue weighted by atomic mass is 10.1. The van der Waals surface area contributed by atoms with Crippen LogP contribution in [0, 0.1) is 0 Å². The Hall–Kier alpha value is -3.61. The molecule has 3 aliphatic heterocycles. The SMILES string of the molecule is COc1cc(C(=O)N2CCOC(C)C2)cc(OC)c1S(=O)Nc1noc(-c2cccc(N3CCC3)c2)c1CN1CC1C. The number of rotatable bonds is 10. The fourth-order valence-electron chi connectivity index (χ4n) is 5.41. The zero-order valence-corrected chi connectivity index (χ0v) is 25.2. The van der Waals surface area contributed by atoms with Gasteiger partial charge >= 0.3 is 0 Å². The fraction of sp³-hybridized carbons (Fsp3) is 0.467. The Bertz CT molecular complexity index is 1470. The number of hydrogen-bond donors (Lipinski definition) is 1. The van der Waals surface area contributed by atoms with Crippen molar-refractivity contribution in [2.24, 2.45) is 0 Å². The molecule has 42 heavy (non-hydrogen) atoms. The lowest BCUT2D eigenvalue weighted by Crippen LogP contribution is -2.44. The molecule has 6 rings (SSSR count). The molecule has 0 radical (unpaired) electrons. The van der Waals surface area contributed by atoms with Crippen molar-refractivity contribution in [1.29, 1.82) is 0 Å². The van der Waals surface area contributed by atoms with E-state index in [0.717, 1.165) is 36.4 Å². The second kappa shape index (κ2) is 11.9. The standard InChI is InChI=1S/C30H37N5O6S/c1-19-16-35(19)18-24-27(21-7-5-8-23(13-21)33-9-6-10-33)41-31-29(24)32-42(37)28-25(38-3)14-22(15-26(28)39-4)30(36)34-11-12-40-20(2)17-34/h5,7-8,13-15,19-20H,6,9-12,16-18H2,1-4H3,(H,31,32). The molecule has 2 aromatic carbocycles. The number of amides is 1. The van der Waals surface area contributed by atoms with E-state index in [2.05, 4.69) is 38.7 Å². The van der Waals surface area contributed by atoms with Crippen molar-refractivity contribution in [3.63, 3.8) is 0 Å².